The predicted molar refractivity (Wildman–Crippen MR) is 141 cm³/mol. The number of nitrogens with zero attached hydrogens (tertiary/aromatic N) is 2. The summed E-state index contributed by atoms with van der Waals surface area (Å²) in [7, 11) is 0. The molecule has 11 heteroatoms. The summed E-state index contributed by atoms with van der Waals surface area (Å²) < 4.78 is 17.8. The standard InChI is InChI=1S/C28H23ClN4O6/c1-2-37-27(35)23-21(30-28(36)31-25(23)22-9-6-14-38-22)16-39-26(34)20-15-33(19-7-4-3-5-8-19)32-24(20)17-10-12-18(29)13-11-17/h3-15,25H,2,16H2,1H3,(H2,30,31,36). The molecule has 3 heterocycles. The van der Waals surface area contributed by atoms with Gasteiger partial charge in [0, 0.05) is 16.8 Å². The van der Waals surface area contributed by atoms with Gasteiger partial charge in [-0.2, -0.15) is 5.10 Å². The third kappa shape index (κ3) is 5.55. The molecule has 10 nitrogen and oxygen atoms in total. The Morgan fingerprint density at radius 3 is 2.49 bits per heavy atom. The lowest BCUT2D eigenvalue weighted by molar-refractivity contribution is -0.139. The third-order valence-corrected chi connectivity index (χ3v) is 6.15. The molecule has 0 spiro atoms. The summed E-state index contributed by atoms with van der Waals surface area (Å²) in [5.74, 6) is -1.07. The Kier molecular flexibility index (Phi) is 7.46. The number of carbonyl (C=O) groups is 3. The molecule has 0 saturated heterocycles. The van der Waals surface area contributed by atoms with Crippen LogP contribution >= 0.6 is 11.6 Å². The molecule has 2 aromatic carbocycles. The molecule has 2 aromatic heterocycles. The van der Waals surface area contributed by atoms with Gasteiger partial charge in [0.15, 0.2) is 0 Å². The summed E-state index contributed by atoms with van der Waals surface area (Å²) in [5.41, 5.74) is 2.10. The summed E-state index contributed by atoms with van der Waals surface area (Å²) in [6.07, 6.45) is 2.99. The van der Waals surface area contributed by atoms with Gasteiger partial charge in [-0.3, -0.25) is 0 Å². The number of ether oxygens (including phenoxy) is 2. The van der Waals surface area contributed by atoms with Crippen molar-refractivity contribution >= 4 is 29.6 Å². The Hall–Kier alpha value is -4.83. The number of hydrogen-bond acceptors (Lipinski definition) is 7. The Labute approximate surface area is 228 Å². The van der Waals surface area contributed by atoms with Gasteiger partial charge in [0.2, 0.25) is 0 Å². The zero-order valence-corrected chi connectivity index (χ0v) is 21.5. The van der Waals surface area contributed by atoms with Crippen LogP contribution in [0.5, 0.6) is 0 Å². The van der Waals surface area contributed by atoms with E-state index in [1.54, 1.807) is 54.2 Å². The van der Waals surface area contributed by atoms with Crippen LogP contribution in [0.15, 0.2) is 94.9 Å². The molecule has 5 rings (SSSR count). The molecule has 2 amide bonds. The van der Waals surface area contributed by atoms with Crippen molar-refractivity contribution in [3.05, 3.63) is 107 Å². The minimum atomic E-state index is -0.924. The number of halogens is 1. The molecule has 0 saturated carbocycles. The number of nitrogens with one attached hydrogen (secondary N) is 2. The van der Waals surface area contributed by atoms with Crippen LogP contribution in [0.4, 0.5) is 4.79 Å². The Morgan fingerprint density at radius 1 is 1.03 bits per heavy atom. The fourth-order valence-corrected chi connectivity index (χ4v) is 4.25. The van der Waals surface area contributed by atoms with Gasteiger partial charge < -0.3 is 24.5 Å². The first-order valence-electron chi connectivity index (χ1n) is 12.0. The summed E-state index contributed by atoms with van der Waals surface area (Å²) >= 11 is 6.05. The first-order chi connectivity index (χ1) is 18.9. The smallest absolute Gasteiger partial charge is 0.342 e. The molecule has 1 aliphatic rings. The highest BCUT2D eigenvalue weighted by atomic mass is 35.5. The normalized spacial score (nSPS) is 14.9. The van der Waals surface area contributed by atoms with E-state index in [1.165, 1.54) is 6.26 Å². The molecule has 4 aromatic rings. The molecule has 39 heavy (non-hydrogen) atoms. The summed E-state index contributed by atoms with van der Waals surface area (Å²) in [5, 5.41) is 10.4. The van der Waals surface area contributed by atoms with Crippen molar-refractivity contribution in [1.29, 1.82) is 0 Å². The van der Waals surface area contributed by atoms with Crippen LogP contribution in [0, 0.1) is 0 Å². The lowest BCUT2D eigenvalue weighted by Crippen LogP contribution is -2.47. The number of urea groups is 1. The zero-order valence-electron chi connectivity index (χ0n) is 20.7. The number of hydrogen-bond donors (Lipinski definition) is 2. The van der Waals surface area contributed by atoms with Crippen LogP contribution in [0.2, 0.25) is 5.02 Å². The van der Waals surface area contributed by atoms with Crippen molar-refractivity contribution in [2.24, 2.45) is 0 Å². The van der Waals surface area contributed by atoms with Crippen LogP contribution in [-0.2, 0) is 14.3 Å². The van der Waals surface area contributed by atoms with Gasteiger partial charge in [-0.25, -0.2) is 19.1 Å². The Balaban J connectivity index is 1.48. The van der Waals surface area contributed by atoms with Crippen LogP contribution in [-0.4, -0.2) is 41.0 Å². The van der Waals surface area contributed by atoms with Crippen molar-refractivity contribution in [2.75, 3.05) is 13.2 Å². The van der Waals surface area contributed by atoms with Crippen LogP contribution in [0.1, 0.15) is 29.1 Å². The van der Waals surface area contributed by atoms with Gasteiger partial charge >= 0.3 is 18.0 Å². The number of aromatic nitrogens is 2. The van der Waals surface area contributed by atoms with Crippen LogP contribution in [0.3, 0.4) is 0 Å². The van der Waals surface area contributed by atoms with E-state index in [1.807, 2.05) is 30.3 Å². The topological polar surface area (TPSA) is 125 Å². The number of rotatable bonds is 8. The molecule has 1 aliphatic heterocycles. The van der Waals surface area contributed by atoms with E-state index in [9.17, 15) is 14.4 Å². The molecular formula is C28H23ClN4O6. The van der Waals surface area contributed by atoms with Crippen molar-refractivity contribution in [3.8, 4) is 16.9 Å². The van der Waals surface area contributed by atoms with Gasteiger partial charge in [-0.05, 0) is 43.3 Å². The average molecular weight is 547 g/mol. The van der Waals surface area contributed by atoms with Crippen molar-refractivity contribution in [2.45, 2.75) is 13.0 Å². The number of carbonyl (C=O) groups excluding carboxylic acids is 3. The highest BCUT2D eigenvalue weighted by Crippen LogP contribution is 2.29. The number of benzene rings is 2. The Morgan fingerprint density at radius 2 is 1.79 bits per heavy atom. The third-order valence-electron chi connectivity index (χ3n) is 5.90. The van der Waals surface area contributed by atoms with Gasteiger partial charge in [0.1, 0.15) is 29.7 Å². The second-order valence-corrected chi connectivity index (χ2v) is 8.85. The van der Waals surface area contributed by atoms with E-state index in [0.717, 1.165) is 5.69 Å². The van der Waals surface area contributed by atoms with Gasteiger partial charge in [0.25, 0.3) is 0 Å². The molecule has 0 radical (unpaired) electrons. The number of amides is 2. The fraction of sp³-hybridized carbons (Fsp3) is 0.143. The average Bonchev–Trinajstić information content (AvgIpc) is 3.63. The molecule has 1 unspecified atom stereocenters. The molecule has 0 fully saturated rings. The maximum Gasteiger partial charge on any atom is 0.342 e. The second kappa shape index (κ2) is 11.3. The van der Waals surface area contributed by atoms with Crippen molar-refractivity contribution in [1.82, 2.24) is 20.4 Å². The molecule has 1 atom stereocenters. The summed E-state index contributed by atoms with van der Waals surface area (Å²) in [6, 6.07) is 17.9. The molecule has 0 aliphatic carbocycles. The van der Waals surface area contributed by atoms with Crippen LogP contribution in [0.25, 0.3) is 16.9 Å². The van der Waals surface area contributed by atoms with Gasteiger partial charge in [0.05, 0.1) is 29.8 Å². The van der Waals surface area contributed by atoms with Crippen molar-refractivity contribution < 1.29 is 28.3 Å². The molecule has 198 valence electrons. The quantitative estimate of drug-likeness (QED) is 0.304. The highest BCUT2D eigenvalue weighted by molar-refractivity contribution is 6.30. The minimum absolute atomic E-state index is 0.0668. The zero-order chi connectivity index (χ0) is 27.4. The second-order valence-electron chi connectivity index (χ2n) is 8.41. The SMILES string of the molecule is CCOC(=O)C1=C(COC(=O)c2cn(-c3ccccc3)nc2-c2ccc(Cl)cc2)NC(=O)NC1c1ccco1. The number of esters is 2. The molecule has 2 N–H and O–H groups in total. The minimum Gasteiger partial charge on any atom is -0.467 e. The van der Waals surface area contributed by atoms with Crippen molar-refractivity contribution in [3.63, 3.8) is 0 Å². The van der Waals surface area contributed by atoms with Gasteiger partial charge in [-0.1, -0.05) is 41.9 Å². The summed E-state index contributed by atoms with van der Waals surface area (Å²) in [6.45, 7) is 1.36. The number of para-hydroxylation sites is 1. The largest absolute Gasteiger partial charge is 0.467 e. The Bertz CT molecular complexity index is 1530. The van der Waals surface area contributed by atoms with E-state index < -0.39 is 30.6 Å². The summed E-state index contributed by atoms with van der Waals surface area (Å²) in [4.78, 5) is 38.7. The van der Waals surface area contributed by atoms with E-state index >= 15 is 0 Å². The fourth-order valence-electron chi connectivity index (χ4n) is 4.12. The van der Waals surface area contributed by atoms with E-state index in [2.05, 4.69) is 15.7 Å². The van der Waals surface area contributed by atoms with Crippen LogP contribution < -0.4 is 10.6 Å². The molecule has 0 bridgehead atoms. The lowest BCUT2D eigenvalue weighted by Gasteiger charge is -2.27. The molecular weight excluding hydrogens is 524 g/mol. The first-order valence-corrected chi connectivity index (χ1v) is 12.4. The maximum atomic E-state index is 13.4. The first kappa shape index (κ1) is 25.8. The predicted octanol–water partition coefficient (Wildman–Crippen LogP) is 4.81. The highest BCUT2D eigenvalue weighted by Gasteiger charge is 2.36. The van der Waals surface area contributed by atoms with E-state index in [-0.39, 0.29) is 23.4 Å². The maximum absolute atomic E-state index is 13.4. The monoisotopic (exact) mass is 546 g/mol. The van der Waals surface area contributed by atoms with E-state index in [0.29, 0.717) is 22.0 Å². The van der Waals surface area contributed by atoms with Gasteiger partial charge in [-0.15, -0.1) is 0 Å². The number of furan rings is 1. The lowest BCUT2D eigenvalue weighted by atomic mass is 10.0. The van der Waals surface area contributed by atoms with E-state index in [4.69, 9.17) is 25.5 Å².